The molecule has 2 heterocycles. The number of aliphatic hydroxyl groups is 1. The SMILES string of the molecule is C#C[C@]1(F)[C@H](n2cnc3c(N)ncnc32)[C@@H](C)[C@@H]2C(OP(=O)(O)OP(=O)(O)OP(=O)(O)O)[C@@]21O. The van der Waals surface area contributed by atoms with Gasteiger partial charge in [0.25, 0.3) is 0 Å². The smallest absolute Gasteiger partial charge is 0.382 e. The topological polar surface area (TPSA) is 250 Å². The number of nitrogens with two attached hydrogens (primary N) is 1. The summed E-state index contributed by atoms with van der Waals surface area (Å²) in [6.45, 7) is 1.45. The van der Waals surface area contributed by atoms with Gasteiger partial charge in [0.1, 0.15) is 23.5 Å². The highest BCUT2D eigenvalue weighted by atomic mass is 31.3. The monoisotopic (exact) mass is 543 g/mol. The van der Waals surface area contributed by atoms with E-state index in [4.69, 9.17) is 21.9 Å². The Balaban J connectivity index is 1.63. The van der Waals surface area contributed by atoms with E-state index in [0.717, 1.165) is 6.33 Å². The number of aromatic nitrogens is 4. The number of terminal acetylenes is 1. The van der Waals surface area contributed by atoms with Crippen molar-refractivity contribution in [1.29, 1.82) is 0 Å². The van der Waals surface area contributed by atoms with Crippen LogP contribution in [0.25, 0.3) is 11.2 Å². The van der Waals surface area contributed by atoms with Crippen LogP contribution >= 0.6 is 23.5 Å². The van der Waals surface area contributed by atoms with E-state index in [0.29, 0.717) is 0 Å². The minimum absolute atomic E-state index is 0.00831. The van der Waals surface area contributed by atoms with Gasteiger partial charge in [-0.3, -0.25) is 4.52 Å². The number of hydrogen-bond acceptors (Lipinski definition) is 11. The van der Waals surface area contributed by atoms with E-state index in [1.54, 1.807) is 0 Å². The highest BCUT2D eigenvalue weighted by Crippen LogP contribution is 2.74. The maximum absolute atomic E-state index is 16.2. The minimum Gasteiger partial charge on any atom is -0.382 e. The maximum Gasteiger partial charge on any atom is 0.490 e. The lowest BCUT2D eigenvalue weighted by molar-refractivity contribution is -0.0377. The number of hydrogen-bond donors (Lipinski definition) is 6. The van der Waals surface area contributed by atoms with Crippen molar-refractivity contribution >= 4 is 40.4 Å². The van der Waals surface area contributed by atoms with Crippen LogP contribution in [0.4, 0.5) is 10.2 Å². The fourth-order valence-electron chi connectivity index (χ4n) is 4.60. The van der Waals surface area contributed by atoms with Crippen LogP contribution < -0.4 is 5.73 Å². The quantitative estimate of drug-likeness (QED) is 0.199. The number of imidazole rings is 1. The van der Waals surface area contributed by atoms with Crippen LogP contribution in [0.5, 0.6) is 0 Å². The fraction of sp³-hybridized carbons (Fsp3) is 0.500. The summed E-state index contributed by atoms with van der Waals surface area (Å²) < 4.78 is 63.9. The molecule has 20 heteroatoms. The molecule has 34 heavy (non-hydrogen) atoms. The first-order valence-electron chi connectivity index (χ1n) is 9.12. The van der Waals surface area contributed by atoms with E-state index in [1.807, 2.05) is 5.92 Å². The summed E-state index contributed by atoms with van der Waals surface area (Å²) in [4.78, 5) is 48.1. The van der Waals surface area contributed by atoms with Crippen LogP contribution in [0.1, 0.15) is 13.0 Å². The van der Waals surface area contributed by atoms with Crippen molar-refractivity contribution in [2.45, 2.75) is 30.3 Å². The molecule has 0 bridgehead atoms. The second kappa shape index (κ2) is 7.60. The van der Waals surface area contributed by atoms with Gasteiger partial charge in [0.15, 0.2) is 11.5 Å². The molecule has 186 valence electrons. The number of halogens is 1. The second-order valence-corrected chi connectivity index (χ2v) is 12.1. The van der Waals surface area contributed by atoms with Gasteiger partial charge in [0, 0.05) is 5.92 Å². The average molecular weight is 543 g/mol. The summed E-state index contributed by atoms with van der Waals surface area (Å²) in [6, 6.07) is -1.30. The Kier molecular flexibility index (Phi) is 5.66. The van der Waals surface area contributed by atoms with E-state index in [-0.39, 0.29) is 17.0 Å². The first kappa shape index (κ1) is 25.3. The molecule has 8 atom stereocenters. The zero-order valence-electron chi connectivity index (χ0n) is 16.8. The molecule has 0 aliphatic heterocycles. The fourth-order valence-corrected chi connectivity index (χ4v) is 7.84. The number of phosphoric acid groups is 3. The molecule has 2 fully saturated rings. The third-order valence-corrected chi connectivity index (χ3v) is 9.59. The van der Waals surface area contributed by atoms with Gasteiger partial charge in [-0.05, 0) is 5.92 Å². The van der Waals surface area contributed by atoms with Gasteiger partial charge in [0.2, 0.25) is 5.67 Å². The molecule has 0 radical (unpaired) electrons. The van der Waals surface area contributed by atoms with Gasteiger partial charge in [-0.25, -0.2) is 33.0 Å². The van der Waals surface area contributed by atoms with Crippen molar-refractivity contribution in [3.8, 4) is 12.3 Å². The summed E-state index contributed by atoms with van der Waals surface area (Å²) in [6.07, 6.45) is 5.91. The zero-order chi connectivity index (χ0) is 25.5. The number of nitrogen functional groups attached to an aromatic ring is 1. The molecule has 2 saturated carbocycles. The molecular weight excluding hydrogens is 526 g/mol. The second-order valence-electron chi connectivity index (χ2n) is 7.71. The predicted octanol–water partition coefficient (Wildman–Crippen LogP) is 0.0136. The Morgan fingerprint density at radius 2 is 1.82 bits per heavy atom. The van der Waals surface area contributed by atoms with E-state index in [2.05, 4.69) is 28.1 Å². The summed E-state index contributed by atoms with van der Waals surface area (Å²) in [7, 11) is -17.1. The molecule has 0 saturated heterocycles. The van der Waals surface area contributed by atoms with E-state index in [1.165, 1.54) is 17.8 Å². The third-order valence-electron chi connectivity index (χ3n) is 5.77. The van der Waals surface area contributed by atoms with E-state index < -0.39 is 58.7 Å². The molecule has 2 aromatic heterocycles. The number of nitrogens with zero attached hydrogens (tertiary/aromatic N) is 4. The largest absolute Gasteiger partial charge is 0.490 e. The molecule has 3 unspecified atom stereocenters. The van der Waals surface area contributed by atoms with E-state index in [9.17, 15) is 28.6 Å². The van der Waals surface area contributed by atoms with Crippen LogP contribution in [0.15, 0.2) is 12.7 Å². The first-order valence-corrected chi connectivity index (χ1v) is 13.6. The van der Waals surface area contributed by atoms with Crippen molar-refractivity contribution in [2.75, 3.05) is 5.73 Å². The van der Waals surface area contributed by atoms with Crippen LogP contribution in [-0.4, -0.2) is 61.6 Å². The third kappa shape index (κ3) is 3.81. The molecule has 2 aliphatic carbocycles. The molecule has 0 amide bonds. The van der Waals surface area contributed by atoms with Crippen molar-refractivity contribution in [1.82, 2.24) is 19.5 Å². The summed E-state index contributed by atoms with van der Waals surface area (Å²) in [5, 5.41) is 11.1. The number of phosphoric ester groups is 1. The molecule has 0 aromatic carbocycles. The van der Waals surface area contributed by atoms with Gasteiger partial charge < -0.3 is 35.0 Å². The standard InChI is InChI=1S/C14H17FN5O11P3/c1-3-13(15)9(20-5-19-8-11(16)17-4-18-12(8)20)6(2)7-10(14(7,13)21)29-33(25,26)31-34(27,28)30-32(22,23)24/h1,4-7,9-10,21H,2H3,(H,25,26)(H,27,28)(H2,16,17,18)(H2,22,23,24)/t6-,7+,9+,10?,13-,14-/m0/s1. The Morgan fingerprint density at radius 3 is 2.41 bits per heavy atom. The summed E-state index contributed by atoms with van der Waals surface area (Å²) >= 11 is 0. The van der Waals surface area contributed by atoms with Crippen LogP contribution in [-0.2, 0) is 26.8 Å². The molecule has 0 spiro atoms. The lowest BCUT2D eigenvalue weighted by atomic mass is 9.88. The van der Waals surface area contributed by atoms with Gasteiger partial charge in [0.05, 0.1) is 12.4 Å². The lowest BCUT2D eigenvalue weighted by Gasteiger charge is -2.33. The average Bonchev–Trinajstić information content (AvgIpc) is 2.97. The van der Waals surface area contributed by atoms with Gasteiger partial charge in [-0.1, -0.05) is 12.8 Å². The first-order chi connectivity index (χ1) is 15.5. The highest BCUT2D eigenvalue weighted by Gasteiger charge is 2.87. The number of fused-ring (bicyclic) bond motifs is 2. The summed E-state index contributed by atoms with van der Waals surface area (Å²) in [5.41, 5.74) is 0.499. The molecular formula is C14H17FN5O11P3. The molecule has 2 aliphatic rings. The number of anilines is 1. The lowest BCUT2D eigenvalue weighted by Crippen LogP contribution is -2.47. The Bertz CT molecular complexity index is 1360. The Hall–Kier alpha value is -1.79. The van der Waals surface area contributed by atoms with Gasteiger partial charge in [-0.2, -0.15) is 8.62 Å². The van der Waals surface area contributed by atoms with Crippen molar-refractivity contribution in [2.24, 2.45) is 11.8 Å². The molecule has 16 nitrogen and oxygen atoms in total. The van der Waals surface area contributed by atoms with E-state index >= 15 is 4.39 Å². The Labute approximate surface area is 189 Å². The van der Waals surface area contributed by atoms with Crippen LogP contribution in [0, 0.1) is 24.2 Å². The number of rotatable bonds is 7. The Morgan fingerprint density at radius 1 is 1.18 bits per heavy atom. The van der Waals surface area contributed by atoms with Crippen molar-refractivity contribution in [3.05, 3.63) is 12.7 Å². The van der Waals surface area contributed by atoms with Crippen molar-refractivity contribution in [3.63, 3.8) is 0 Å². The molecule has 2 aromatic rings. The van der Waals surface area contributed by atoms with Crippen LogP contribution in [0.2, 0.25) is 0 Å². The van der Waals surface area contributed by atoms with Gasteiger partial charge >= 0.3 is 23.5 Å². The van der Waals surface area contributed by atoms with Crippen LogP contribution in [0.3, 0.4) is 0 Å². The molecule has 7 N–H and O–H groups in total. The molecule has 4 rings (SSSR count). The summed E-state index contributed by atoms with van der Waals surface area (Å²) in [5.74, 6) is -0.254. The minimum atomic E-state index is -5.81. The predicted molar refractivity (Wildman–Crippen MR) is 108 cm³/mol. The maximum atomic E-state index is 16.2. The highest BCUT2D eigenvalue weighted by molar-refractivity contribution is 7.66. The zero-order valence-corrected chi connectivity index (χ0v) is 19.5. The van der Waals surface area contributed by atoms with Gasteiger partial charge in [-0.15, -0.1) is 6.42 Å². The number of alkyl halides is 1. The normalized spacial score (nSPS) is 36.4. The van der Waals surface area contributed by atoms with Crippen molar-refractivity contribution < 1.29 is 55.9 Å².